The Bertz CT molecular complexity index is 262. The van der Waals surface area contributed by atoms with Gasteiger partial charge in [-0.1, -0.05) is 6.92 Å². The van der Waals surface area contributed by atoms with Crippen molar-refractivity contribution in [2.45, 2.75) is 32.9 Å². The smallest absolute Gasteiger partial charge is 0.165 e. The van der Waals surface area contributed by atoms with Gasteiger partial charge in [-0.05, 0) is 35.3 Å². The lowest BCUT2D eigenvalue weighted by Crippen LogP contribution is -2.14. The zero-order chi connectivity index (χ0) is 10.4. The largest absolute Gasteiger partial charge is 0.324 e. The molecular formula is C8H17N5S. The molecule has 0 saturated heterocycles. The third-order valence-electron chi connectivity index (χ3n) is 2.05. The average molecular weight is 215 g/mol. The third-order valence-corrected chi connectivity index (χ3v) is 2.98. The fraction of sp³-hybridized carbons (Fsp3) is 0.875. The van der Waals surface area contributed by atoms with Gasteiger partial charge in [0.1, 0.15) is 0 Å². The molecule has 1 atom stereocenters. The van der Waals surface area contributed by atoms with Crippen LogP contribution in [0.1, 0.15) is 32.1 Å². The van der Waals surface area contributed by atoms with Gasteiger partial charge in [0.2, 0.25) is 0 Å². The molecule has 0 saturated carbocycles. The van der Waals surface area contributed by atoms with E-state index in [1.165, 1.54) is 0 Å². The van der Waals surface area contributed by atoms with Crippen LogP contribution < -0.4 is 5.73 Å². The first-order chi connectivity index (χ1) is 6.79. The molecule has 0 fully saturated rings. The highest BCUT2D eigenvalue weighted by Crippen LogP contribution is 2.14. The van der Waals surface area contributed by atoms with Crippen LogP contribution >= 0.6 is 11.8 Å². The Morgan fingerprint density at radius 1 is 1.57 bits per heavy atom. The number of aromatic nitrogens is 4. The van der Waals surface area contributed by atoms with Crippen LogP contribution in [0.5, 0.6) is 0 Å². The number of tetrazole rings is 1. The van der Waals surface area contributed by atoms with Crippen molar-refractivity contribution < 1.29 is 0 Å². The standard InChI is InChI=1S/C8H17N5S/c1-3-14-5-4-7(2)13-8(6-9)10-11-12-13/h7H,3-6,9H2,1-2H3. The summed E-state index contributed by atoms with van der Waals surface area (Å²) in [6, 6.07) is 0.336. The van der Waals surface area contributed by atoms with Crippen LogP contribution in [0.3, 0.4) is 0 Å². The summed E-state index contributed by atoms with van der Waals surface area (Å²) in [5.74, 6) is 3.06. The normalized spacial score (nSPS) is 13.1. The number of hydrogen-bond acceptors (Lipinski definition) is 5. The van der Waals surface area contributed by atoms with Crippen molar-refractivity contribution in [3.63, 3.8) is 0 Å². The van der Waals surface area contributed by atoms with E-state index in [-0.39, 0.29) is 0 Å². The lowest BCUT2D eigenvalue weighted by Gasteiger charge is -2.11. The first-order valence-electron chi connectivity index (χ1n) is 4.84. The molecule has 1 aromatic rings. The summed E-state index contributed by atoms with van der Waals surface area (Å²) in [6.07, 6.45) is 1.08. The summed E-state index contributed by atoms with van der Waals surface area (Å²) in [4.78, 5) is 0. The molecule has 1 unspecified atom stereocenters. The second-order valence-electron chi connectivity index (χ2n) is 3.08. The van der Waals surface area contributed by atoms with E-state index in [0.29, 0.717) is 12.6 Å². The molecule has 0 amide bonds. The maximum Gasteiger partial charge on any atom is 0.165 e. The van der Waals surface area contributed by atoms with Crippen molar-refractivity contribution in [1.82, 2.24) is 20.2 Å². The van der Waals surface area contributed by atoms with E-state index in [0.717, 1.165) is 23.8 Å². The van der Waals surface area contributed by atoms with Crippen LogP contribution in [-0.2, 0) is 6.54 Å². The van der Waals surface area contributed by atoms with E-state index in [1.807, 2.05) is 16.4 Å². The predicted molar refractivity (Wildman–Crippen MR) is 58.0 cm³/mol. The van der Waals surface area contributed by atoms with Gasteiger partial charge in [-0.15, -0.1) is 5.10 Å². The number of nitrogens with two attached hydrogens (primary N) is 1. The molecule has 1 heterocycles. The molecule has 0 bridgehead atoms. The summed E-state index contributed by atoms with van der Waals surface area (Å²) < 4.78 is 1.82. The minimum atomic E-state index is 0.336. The van der Waals surface area contributed by atoms with Gasteiger partial charge in [0, 0.05) is 0 Å². The van der Waals surface area contributed by atoms with E-state index in [9.17, 15) is 0 Å². The summed E-state index contributed by atoms with van der Waals surface area (Å²) in [6.45, 7) is 4.68. The Balaban J connectivity index is 2.47. The summed E-state index contributed by atoms with van der Waals surface area (Å²) in [5.41, 5.74) is 5.52. The van der Waals surface area contributed by atoms with Gasteiger partial charge in [0.05, 0.1) is 12.6 Å². The van der Waals surface area contributed by atoms with Crippen LogP contribution in [0.15, 0.2) is 0 Å². The van der Waals surface area contributed by atoms with Gasteiger partial charge in [0.15, 0.2) is 5.82 Å². The van der Waals surface area contributed by atoms with Gasteiger partial charge in [0.25, 0.3) is 0 Å². The lowest BCUT2D eigenvalue weighted by molar-refractivity contribution is 0.451. The molecule has 14 heavy (non-hydrogen) atoms. The topological polar surface area (TPSA) is 69.6 Å². The van der Waals surface area contributed by atoms with Gasteiger partial charge in [-0.2, -0.15) is 11.8 Å². The Labute approximate surface area is 88.4 Å². The zero-order valence-electron chi connectivity index (χ0n) is 8.68. The van der Waals surface area contributed by atoms with Crippen molar-refractivity contribution >= 4 is 11.8 Å². The fourth-order valence-electron chi connectivity index (χ4n) is 1.21. The highest BCUT2D eigenvalue weighted by molar-refractivity contribution is 7.99. The Morgan fingerprint density at radius 3 is 3.00 bits per heavy atom. The summed E-state index contributed by atoms with van der Waals surface area (Å²) in [7, 11) is 0. The van der Waals surface area contributed by atoms with Crippen molar-refractivity contribution in [2.75, 3.05) is 11.5 Å². The lowest BCUT2D eigenvalue weighted by atomic mass is 10.2. The molecule has 0 aliphatic carbocycles. The number of nitrogens with zero attached hydrogens (tertiary/aromatic N) is 4. The average Bonchev–Trinajstić information content (AvgIpc) is 2.65. The molecule has 0 aliphatic heterocycles. The molecule has 6 heteroatoms. The van der Waals surface area contributed by atoms with Gasteiger partial charge >= 0.3 is 0 Å². The Morgan fingerprint density at radius 2 is 2.36 bits per heavy atom. The number of rotatable bonds is 6. The Kier molecular flexibility index (Phi) is 4.89. The molecule has 5 nitrogen and oxygen atoms in total. The summed E-state index contributed by atoms with van der Waals surface area (Å²) in [5, 5.41) is 11.4. The van der Waals surface area contributed by atoms with Crippen molar-refractivity contribution in [3.8, 4) is 0 Å². The fourth-order valence-corrected chi connectivity index (χ4v) is 2.01. The van der Waals surface area contributed by atoms with Crippen LogP contribution in [0.2, 0.25) is 0 Å². The molecule has 0 aromatic carbocycles. The molecule has 1 rings (SSSR count). The zero-order valence-corrected chi connectivity index (χ0v) is 9.50. The highest BCUT2D eigenvalue weighted by atomic mass is 32.2. The number of hydrogen-bond donors (Lipinski definition) is 1. The second-order valence-corrected chi connectivity index (χ2v) is 4.47. The highest BCUT2D eigenvalue weighted by Gasteiger charge is 2.10. The van der Waals surface area contributed by atoms with E-state index < -0.39 is 0 Å². The molecule has 0 spiro atoms. The maximum absolute atomic E-state index is 5.52. The molecule has 1 aromatic heterocycles. The number of thioether (sulfide) groups is 1. The van der Waals surface area contributed by atoms with Crippen LogP contribution in [0.4, 0.5) is 0 Å². The van der Waals surface area contributed by atoms with Crippen molar-refractivity contribution in [1.29, 1.82) is 0 Å². The Hall–Kier alpha value is -0.620. The van der Waals surface area contributed by atoms with Gasteiger partial charge in [-0.3, -0.25) is 0 Å². The molecule has 2 N–H and O–H groups in total. The van der Waals surface area contributed by atoms with E-state index in [4.69, 9.17) is 5.73 Å². The van der Waals surface area contributed by atoms with E-state index >= 15 is 0 Å². The first kappa shape index (κ1) is 11.5. The SMILES string of the molecule is CCSCCC(C)n1nnnc1CN. The minimum Gasteiger partial charge on any atom is -0.324 e. The predicted octanol–water partition coefficient (Wildman–Crippen LogP) is 0.836. The van der Waals surface area contributed by atoms with E-state index in [1.54, 1.807) is 0 Å². The van der Waals surface area contributed by atoms with Gasteiger partial charge < -0.3 is 5.73 Å². The van der Waals surface area contributed by atoms with Crippen LogP contribution in [0, 0.1) is 0 Å². The first-order valence-corrected chi connectivity index (χ1v) is 5.99. The minimum absolute atomic E-state index is 0.336. The van der Waals surface area contributed by atoms with Crippen LogP contribution in [-0.4, -0.2) is 31.7 Å². The molecular weight excluding hydrogens is 198 g/mol. The monoisotopic (exact) mass is 215 g/mol. The van der Waals surface area contributed by atoms with Crippen LogP contribution in [0.25, 0.3) is 0 Å². The second kappa shape index (κ2) is 5.98. The van der Waals surface area contributed by atoms with Crippen molar-refractivity contribution in [2.24, 2.45) is 5.73 Å². The van der Waals surface area contributed by atoms with E-state index in [2.05, 4.69) is 29.4 Å². The maximum atomic E-state index is 5.52. The molecule has 80 valence electrons. The third kappa shape index (κ3) is 2.95. The quantitative estimate of drug-likeness (QED) is 0.712. The molecule has 0 aliphatic rings. The summed E-state index contributed by atoms with van der Waals surface area (Å²) >= 11 is 1.93. The van der Waals surface area contributed by atoms with Crippen molar-refractivity contribution in [3.05, 3.63) is 5.82 Å². The van der Waals surface area contributed by atoms with Gasteiger partial charge in [-0.25, -0.2) is 4.68 Å². The molecule has 0 radical (unpaired) electrons.